The maximum Gasteiger partial charge on any atom is 0.261 e. The van der Waals surface area contributed by atoms with Gasteiger partial charge in [0.25, 0.3) is 5.92 Å². The second kappa shape index (κ2) is 2.64. The molecule has 1 saturated heterocycles. The van der Waals surface area contributed by atoms with Crippen molar-refractivity contribution in [3.05, 3.63) is 0 Å². The second-order valence-electron chi connectivity index (χ2n) is 3.86. The highest BCUT2D eigenvalue weighted by molar-refractivity contribution is 4.93. The van der Waals surface area contributed by atoms with Crippen LogP contribution in [-0.4, -0.2) is 41.2 Å². The van der Waals surface area contributed by atoms with Gasteiger partial charge in [-0.2, -0.15) is 0 Å². The van der Waals surface area contributed by atoms with E-state index in [2.05, 4.69) is 0 Å². The summed E-state index contributed by atoms with van der Waals surface area (Å²) in [4.78, 5) is 1.80. The molecule has 2 rings (SSSR count). The average Bonchev–Trinajstić information content (AvgIpc) is 2.23. The highest BCUT2D eigenvalue weighted by Crippen LogP contribution is 2.34. The fourth-order valence-electron chi connectivity index (χ4n) is 1.93. The minimum absolute atomic E-state index is 0.0143. The Morgan fingerprint density at radius 3 is 2.42 bits per heavy atom. The Hall–Kier alpha value is -0.220. The van der Waals surface area contributed by atoms with Gasteiger partial charge < -0.3 is 5.11 Å². The van der Waals surface area contributed by atoms with Gasteiger partial charge in [0, 0.05) is 19.0 Å². The van der Waals surface area contributed by atoms with Gasteiger partial charge in [0.2, 0.25) is 0 Å². The van der Waals surface area contributed by atoms with E-state index < -0.39 is 5.92 Å². The number of nitrogens with zero attached hydrogens (tertiary/aromatic N) is 1. The van der Waals surface area contributed by atoms with E-state index in [1.54, 1.807) is 4.90 Å². The molecular formula is C8H13F2NO. The summed E-state index contributed by atoms with van der Waals surface area (Å²) in [6.07, 6.45) is 1.09. The Kier molecular flexibility index (Phi) is 1.84. The van der Waals surface area contributed by atoms with E-state index in [4.69, 9.17) is 5.11 Å². The molecule has 2 aliphatic rings. The van der Waals surface area contributed by atoms with Gasteiger partial charge in [-0.25, -0.2) is 8.78 Å². The molecule has 0 aromatic carbocycles. The lowest BCUT2D eigenvalue weighted by Crippen LogP contribution is -2.46. The third kappa shape index (κ3) is 1.45. The molecule has 4 heteroatoms. The summed E-state index contributed by atoms with van der Waals surface area (Å²) in [5.74, 6) is -2.49. The molecule has 0 spiro atoms. The third-order valence-corrected chi connectivity index (χ3v) is 2.80. The average molecular weight is 177 g/mol. The van der Waals surface area contributed by atoms with Crippen LogP contribution < -0.4 is 0 Å². The van der Waals surface area contributed by atoms with Gasteiger partial charge in [0.15, 0.2) is 0 Å². The Morgan fingerprint density at radius 2 is 2.00 bits per heavy atom. The van der Waals surface area contributed by atoms with Crippen LogP contribution in [0.5, 0.6) is 0 Å². The topological polar surface area (TPSA) is 23.5 Å². The summed E-state index contributed by atoms with van der Waals surface area (Å²) in [5.41, 5.74) is 0. The lowest BCUT2D eigenvalue weighted by atomic mass is 9.88. The molecule has 1 heterocycles. The van der Waals surface area contributed by atoms with Gasteiger partial charge in [-0.3, -0.25) is 4.90 Å². The molecule has 2 nitrogen and oxygen atoms in total. The normalized spacial score (nSPS) is 41.2. The molecule has 1 saturated carbocycles. The van der Waals surface area contributed by atoms with E-state index in [0.29, 0.717) is 19.4 Å². The Bertz CT molecular complexity index is 180. The summed E-state index contributed by atoms with van der Waals surface area (Å²) in [5, 5.41) is 8.99. The van der Waals surface area contributed by atoms with Crippen LogP contribution in [0.15, 0.2) is 0 Å². The molecule has 0 radical (unpaired) electrons. The van der Waals surface area contributed by atoms with Crippen LogP contribution >= 0.6 is 0 Å². The summed E-state index contributed by atoms with van der Waals surface area (Å²) in [6, 6.07) is 0.216. The number of hydrogen-bond acceptors (Lipinski definition) is 2. The van der Waals surface area contributed by atoms with Crippen molar-refractivity contribution in [2.75, 3.05) is 13.1 Å². The Labute approximate surface area is 70.2 Å². The van der Waals surface area contributed by atoms with Crippen molar-refractivity contribution in [2.45, 2.75) is 37.3 Å². The summed E-state index contributed by atoms with van der Waals surface area (Å²) < 4.78 is 25.4. The van der Waals surface area contributed by atoms with Crippen LogP contribution in [0.1, 0.15) is 19.3 Å². The molecule has 70 valence electrons. The lowest BCUT2D eigenvalue weighted by molar-refractivity contribution is -0.0231. The zero-order valence-corrected chi connectivity index (χ0v) is 6.84. The van der Waals surface area contributed by atoms with Crippen molar-refractivity contribution in [3.8, 4) is 0 Å². The van der Waals surface area contributed by atoms with Crippen molar-refractivity contribution < 1.29 is 13.9 Å². The van der Waals surface area contributed by atoms with Gasteiger partial charge in [0.1, 0.15) is 0 Å². The van der Waals surface area contributed by atoms with Crippen LogP contribution in [0.4, 0.5) is 8.78 Å². The minimum Gasteiger partial charge on any atom is -0.393 e. The third-order valence-electron chi connectivity index (χ3n) is 2.80. The monoisotopic (exact) mass is 177 g/mol. The molecule has 0 aromatic rings. The standard InChI is InChI=1S/C8H13F2NO/c9-8(10)1-2-11(5-8)6-3-7(12)4-6/h6-7,12H,1-5H2. The van der Waals surface area contributed by atoms with Crippen molar-refractivity contribution in [3.63, 3.8) is 0 Å². The molecule has 0 amide bonds. The fraction of sp³-hybridized carbons (Fsp3) is 1.00. The first-order chi connectivity index (χ1) is 5.57. The van der Waals surface area contributed by atoms with Crippen LogP contribution in [0.25, 0.3) is 0 Å². The van der Waals surface area contributed by atoms with Crippen molar-refractivity contribution in [1.29, 1.82) is 0 Å². The molecule has 0 unspecified atom stereocenters. The van der Waals surface area contributed by atoms with Gasteiger partial charge in [0.05, 0.1) is 12.6 Å². The summed E-state index contributed by atoms with van der Waals surface area (Å²) in [6.45, 7) is 0.384. The van der Waals surface area contributed by atoms with Crippen LogP contribution in [0, 0.1) is 0 Å². The molecule has 12 heavy (non-hydrogen) atoms. The molecule has 1 aliphatic carbocycles. The zero-order chi connectivity index (χ0) is 8.77. The summed E-state index contributed by atoms with van der Waals surface area (Å²) >= 11 is 0. The smallest absolute Gasteiger partial charge is 0.261 e. The molecule has 0 atom stereocenters. The van der Waals surface area contributed by atoms with E-state index >= 15 is 0 Å². The Morgan fingerprint density at radius 1 is 1.33 bits per heavy atom. The number of halogens is 2. The van der Waals surface area contributed by atoms with Crippen LogP contribution in [-0.2, 0) is 0 Å². The molecule has 1 N–H and O–H groups in total. The van der Waals surface area contributed by atoms with Crippen molar-refractivity contribution in [1.82, 2.24) is 4.90 Å². The van der Waals surface area contributed by atoms with Gasteiger partial charge in [-0.1, -0.05) is 0 Å². The Balaban J connectivity index is 1.84. The van der Waals surface area contributed by atoms with Gasteiger partial charge in [-0.05, 0) is 12.8 Å². The zero-order valence-electron chi connectivity index (χ0n) is 6.84. The highest BCUT2D eigenvalue weighted by Gasteiger charge is 2.43. The maximum absolute atomic E-state index is 12.7. The first kappa shape index (κ1) is 8.38. The van der Waals surface area contributed by atoms with Crippen LogP contribution in [0.2, 0.25) is 0 Å². The molecule has 0 bridgehead atoms. The number of aliphatic hydroxyl groups excluding tert-OH is 1. The number of aliphatic hydroxyl groups is 1. The van der Waals surface area contributed by atoms with Gasteiger partial charge >= 0.3 is 0 Å². The lowest BCUT2D eigenvalue weighted by Gasteiger charge is -2.38. The number of likely N-dealkylation sites (tertiary alicyclic amines) is 1. The molecular weight excluding hydrogens is 164 g/mol. The van der Waals surface area contributed by atoms with E-state index in [1.165, 1.54) is 0 Å². The van der Waals surface area contributed by atoms with Gasteiger partial charge in [-0.15, -0.1) is 0 Å². The number of rotatable bonds is 1. The first-order valence-electron chi connectivity index (χ1n) is 4.37. The molecule has 0 aromatic heterocycles. The predicted octanol–water partition coefficient (Wildman–Crippen LogP) is 0.851. The highest BCUT2D eigenvalue weighted by atomic mass is 19.3. The predicted molar refractivity (Wildman–Crippen MR) is 40.2 cm³/mol. The minimum atomic E-state index is -2.49. The molecule has 1 aliphatic heterocycles. The first-order valence-corrected chi connectivity index (χ1v) is 4.37. The fourth-order valence-corrected chi connectivity index (χ4v) is 1.93. The SMILES string of the molecule is OC1CC(N2CCC(F)(F)C2)C1. The van der Waals surface area contributed by atoms with E-state index in [9.17, 15) is 8.78 Å². The number of hydrogen-bond donors (Lipinski definition) is 1. The largest absolute Gasteiger partial charge is 0.393 e. The van der Waals surface area contributed by atoms with E-state index in [1.807, 2.05) is 0 Å². The molecule has 2 fully saturated rings. The van der Waals surface area contributed by atoms with Crippen molar-refractivity contribution in [2.24, 2.45) is 0 Å². The maximum atomic E-state index is 12.7. The second-order valence-corrected chi connectivity index (χ2v) is 3.86. The quantitative estimate of drug-likeness (QED) is 0.642. The van der Waals surface area contributed by atoms with E-state index in [0.717, 1.165) is 0 Å². The number of alkyl halides is 2. The summed E-state index contributed by atoms with van der Waals surface area (Å²) in [7, 11) is 0. The van der Waals surface area contributed by atoms with Crippen LogP contribution in [0.3, 0.4) is 0 Å². The van der Waals surface area contributed by atoms with E-state index in [-0.39, 0.29) is 25.1 Å². The van der Waals surface area contributed by atoms with Crippen molar-refractivity contribution >= 4 is 0 Å².